The highest BCUT2D eigenvalue weighted by Gasteiger charge is 2.43. The molecule has 3 aliphatic rings. The average molecular weight is 409 g/mol. The van der Waals surface area contributed by atoms with E-state index in [2.05, 4.69) is 40.5 Å². The summed E-state index contributed by atoms with van der Waals surface area (Å²) in [5, 5.41) is 8.10. The highest BCUT2D eigenvalue weighted by atomic mass is 16.5. The Labute approximate surface area is 180 Å². The van der Waals surface area contributed by atoms with Crippen LogP contribution in [0.5, 0.6) is 5.88 Å². The zero-order valence-electron chi connectivity index (χ0n) is 17.1. The summed E-state index contributed by atoms with van der Waals surface area (Å²) in [6.45, 7) is 1.57. The molecule has 2 bridgehead atoms. The molecule has 6 heteroatoms. The molecular weight excluding hydrogens is 386 g/mol. The molecule has 0 saturated carbocycles. The minimum absolute atomic E-state index is 0.275. The second-order valence-electron chi connectivity index (χ2n) is 8.87. The van der Waals surface area contributed by atoms with E-state index in [0.29, 0.717) is 24.6 Å². The second-order valence-corrected chi connectivity index (χ2v) is 8.87. The molecule has 5 heterocycles. The Balaban J connectivity index is 1.46. The van der Waals surface area contributed by atoms with Crippen LogP contribution in [0.15, 0.2) is 54.7 Å². The van der Waals surface area contributed by atoms with Crippen LogP contribution in [0.2, 0.25) is 0 Å². The third-order valence-electron chi connectivity index (χ3n) is 7.13. The van der Waals surface area contributed by atoms with E-state index in [1.54, 1.807) is 0 Å². The summed E-state index contributed by atoms with van der Waals surface area (Å²) in [5.74, 6) is 1.66. The van der Waals surface area contributed by atoms with Crippen molar-refractivity contribution in [1.29, 1.82) is 0 Å². The van der Waals surface area contributed by atoms with Gasteiger partial charge in [-0.05, 0) is 47.2 Å². The van der Waals surface area contributed by atoms with E-state index < -0.39 is 0 Å². The van der Waals surface area contributed by atoms with Crippen LogP contribution in [0.1, 0.15) is 12.8 Å². The van der Waals surface area contributed by atoms with E-state index in [4.69, 9.17) is 20.4 Å². The molecule has 3 atom stereocenters. The second kappa shape index (κ2) is 6.31. The molecule has 0 spiro atoms. The fraction of sp³-hybridized carbons (Fsp3) is 0.280. The van der Waals surface area contributed by atoms with Crippen molar-refractivity contribution < 1.29 is 4.74 Å². The van der Waals surface area contributed by atoms with Crippen LogP contribution in [-0.4, -0.2) is 41.2 Å². The van der Waals surface area contributed by atoms with Crippen LogP contribution >= 0.6 is 0 Å². The summed E-state index contributed by atoms with van der Waals surface area (Å²) in [6, 6.07) is 17.7. The largest absolute Gasteiger partial charge is 0.475 e. The van der Waals surface area contributed by atoms with Gasteiger partial charge in [-0.2, -0.15) is 0 Å². The van der Waals surface area contributed by atoms with E-state index in [9.17, 15) is 0 Å². The molecule has 0 unspecified atom stereocenters. The molecule has 0 amide bonds. The highest BCUT2D eigenvalue weighted by molar-refractivity contribution is 6.05. The van der Waals surface area contributed by atoms with Gasteiger partial charge in [-0.3, -0.25) is 0 Å². The van der Waals surface area contributed by atoms with Crippen LogP contribution in [-0.2, 0) is 0 Å². The fourth-order valence-electron chi connectivity index (χ4n) is 5.68. The summed E-state index contributed by atoms with van der Waals surface area (Å²) in [7, 11) is 0. The molecule has 7 rings (SSSR count). The van der Waals surface area contributed by atoms with Gasteiger partial charge in [0.1, 0.15) is 12.4 Å². The van der Waals surface area contributed by atoms with E-state index in [0.717, 1.165) is 50.9 Å². The first-order chi connectivity index (χ1) is 15.3. The van der Waals surface area contributed by atoms with Crippen LogP contribution in [0.4, 0.5) is 11.5 Å². The molecular formula is C25H23N5O. The molecule has 31 heavy (non-hydrogen) atoms. The Hall–Kier alpha value is -3.38. The minimum atomic E-state index is 0.275. The van der Waals surface area contributed by atoms with Crippen molar-refractivity contribution in [2.75, 3.05) is 23.8 Å². The van der Waals surface area contributed by atoms with Gasteiger partial charge in [0.25, 0.3) is 0 Å². The predicted molar refractivity (Wildman–Crippen MR) is 123 cm³/mol. The van der Waals surface area contributed by atoms with Crippen molar-refractivity contribution in [1.82, 2.24) is 15.3 Å². The number of aromatic nitrogens is 2. The summed E-state index contributed by atoms with van der Waals surface area (Å²) in [5.41, 5.74) is 8.98. The maximum absolute atomic E-state index is 6.46. The van der Waals surface area contributed by atoms with Gasteiger partial charge in [0.05, 0.1) is 17.1 Å². The molecule has 2 saturated heterocycles. The number of anilines is 2. The van der Waals surface area contributed by atoms with Crippen molar-refractivity contribution in [3.05, 3.63) is 54.7 Å². The third kappa shape index (κ3) is 2.48. The lowest BCUT2D eigenvalue weighted by atomic mass is 9.98. The first kappa shape index (κ1) is 17.3. The van der Waals surface area contributed by atoms with Crippen molar-refractivity contribution in [3.8, 4) is 17.1 Å². The summed E-state index contributed by atoms with van der Waals surface area (Å²) < 4.78 is 6.38. The first-order valence-corrected chi connectivity index (χ1v) is 11.0. The summed E-state index contributed by atoms with van der Waals surface area (Å²) in [6.07, 6.45) is 4.31. The number of pyridine rings is 2. The molecule has 2 fully saturated rings. The number of piperazine rings is 1. The normalized spacial score (nSPS) is 24.1. The topological polar surface area (TPSA) is 76.3 Å². The predicted octanol–water partition coefficient (Wildman–Crippen LogP) is 3.73. The van der Waals surface area contributed by atoms with Gasteiger partial charge in [-0.25, -0.2) is 9.97 Å². The number of nitrogen functional groups attached to an aromatic ring is 1. The Kier molecular flexibility index (Phi) is 3.52. The van der Waals surface area contributed by atoms with Gasteiger partial charge in [-0.1, -0.05) is 30.3 Å². The number of benzene rings is 2. The van der Waals surface area contributed by atoms with Crippen LogP contribution in [0.3, 0.4) is 0 Å². The zero-order valence-corrected chi connectivity index (χ0v) is 17.1. The van der Waals surface area contributed by atoms with Gasteiger partial charge in [0.15, 0.2) is 0 Å². The minimum Gasteiger partial charge on any atom is -0.475 e. The Morgan fingerprint density at radius 2 is 2.00 bits per heavy atom. The highest BCUT2D eigenvalue weighted by Crippen LogP contribution is 2.42. The van der Waals surface area contributed by atoms with Crippen molar-refractivity contribution in [3.63, 3.8) is 0 Å². The standard InChI is InChI=1S/C25H23N5O/c26-18-7-5-14-3-1-2-4-17(14)23(18)20-11-15-9-10-27-24-22(15)25(29-20)31-13-21-19-8-6-16(28-19)12-30(21)24/h1-5,7,9-11,16,19,21,28H,6,8,12-13,26H2/t16-,19+,21-/m1/s1. The summed E-state index contributed by atoms with van der Waals surface area (Å²) >= 11 is 0. The number of rotatable bonds is 1. The van der Waals surface area contributed by atoms with E-state index >= 15 is 0 Å². The quantitative estimate of drug-likeness (QED) is 0.467. The van der Waals surface area contributed by atoms with E-state index in [1.165, 1.54) is 12.8 Å². The maximum Gasteiger partial charge on any atom is 0.225 e. The molecule has 2 aromatic heterocycles. The first-order valence-electron chi connectivity index (χ1n) is 11.0. The molecule has 4 aromatic rings. The van der Waals surface area contributed by atoms with Crippen molar-refractivity contribution in [2.45, 2.75) is 31.0 Å². The lowest BCUT2D eigenvalue weighted by molar-refractivity contribution is 0.238. The summed E-state index contributed by atoms with van der Waals surface area (Å²) in [4.78, 5) is 12.3. The molecule has 2 aromatic carbocycles. The molecule has 3 N–H and O–H groups in total. The van der Waals surface area contributed by atoms with Gasteiger partial charge in [0, 0.05) is 36.1 Å². The number of nitrogens with zero attached hydrogens (tertiary/aromatic N) is 3. The SMILES string of the molecule is Nc1ccc2ccccc2c1-c1cc2ccnc3c2c(n1)OC[C@@H]1[C@@H]2CC[C@H](CN31)N2. The molecule has 3 aliphatic heterocycles. The van der Waals surface area contributed by atoms with Crippen molar-refractivity contribution >= 4 is 33.1 Å². The third-order valence-corrected chi connectivity index (χ3v) is 7.13. The fourth-order valence-corrected chi connectivity index (χ4v) is 5.68. The lowest BCUT2D eigenvalue weighted by Gasteiger charge is -2.40. The molecule has 0 aliphatic carbocycles. The zero-order chi connectivity index (χ0) is 20.5. The Morgan fingerprint density at radius 1 is 1.06 bits per heavy atom. The van der Waals surface area contributed by atoms with E-state index in [1.807, 2.05) is 24.4 Å². The Morgan fingerprint density at radius 3 is 2.97 bits per heavy atom. The van der Waals surface area contributed by atoms with Gasteiger partial charge >= 0.3 is 0 Å². The number of hydrogen-bond donors (Lipinski definition) is 2. The van der Waals surface area contributed by atoms with Crippen molar-refractivity contribution in [2.24, 2.45) is 0 Å². The van der Waals surface area contributed by atoms with Crippen LogP contribution in [0.25, 0.3) is 32.8 Å². The number of ether oxygens (including phenoxy) is 1. The molecule has 6 nitrogen and oxygen atoms in total. The van der Waals surface area contributed by atoms with Gasteiger partial charge in [0.2, 0.25) is 5.88 Å². The molecule has 0 radical (unpaired) electrons. The molecule has 154 valence electrons. The maximum atomic E-state index is 6.46. The lowest BCUT2D eigenvalue weighted by Crippen LogP contribution is -2.60. The smallest absolute Gasteiger partial charge is 0.225 e. The van der Waals surface area contributed by atoms with Crippen LogP contribution < -0.4 is 20.7 Å². The number of nitrogens with two attached hydrogens (primary N) is 1. The van der Waals surface area contributed by atoms with Gasteiger partial charge in [-0.15, -0.1) is 0 Å². The number of fused-ring (bicyclic) bond motifs is 6. The number of hydrogen-bond acceptors (Lipinski definition) is 6. The monoisotopic (exact) mass is 409 g/mol. The Bertz CT molecular complexity index is 1350. The van der Waals surface area contributed by atoms with Gasteiger partial charge < -0.3 is 20.7 Å². The average Bonchev–Trinajstić information content (AvgIpc) is 3.11. The van der Waals surface area contributed by atoms with Crippen LogP contribution in [0, 0.1) is 0 Å². The number of nitrogens with one attached hydrogen (secondary N) is 1. The van der Waals surface area contributed by atoms with E-state index in [-0.39, 0.29) is 6.04 Å².